The van der Waals surface area contributed by atoms with Gasteiger partial charge in [-0.2, -0.15) is 9.50 Å². The zero-order chi connectivity index (χ0) is 24.2. The number of nitrogens with zero attached hydrogens (tertiary/aromatic N) is 3. The molecule has 2 heterocycles. The van der Waals surface area contributed by atoms with Crippen molar-refractivity contribution in [3.63, 3.8) is 0 Å². The van der Waals surface area contributed by atoms with Crippen LogP contribution in [0.1, 0.15) is 22.5 Å². The fourth-order valence-corrected chi connectivity index (χ4v) is 4.48. The molecule has 5 rings (SSSR count). The van der Waals surface area contributed by atoms with Crippen LogP contribution in [0.25, 0.3) is 23.2 Å². The molecule has 0 fully saturated rings. The Kier molecular flexibility index (Phi) is 6.61. The molecule has 0 amide bonds. The molecule has 0 aliphatic carbocycles. The Bertz CT molecular complexity index is 1610. The number of hydrogen-bond acceptors (Lipinski definition) is 6. The molecule has 0 aliphatic heterocycles. The van der Waals surface area contributed by atoms with Gasteiger partial charge in [0.05, 0.1) is 11.6 Å². The molecule has 0 saturated carbocycles. The highest BCUT2D eigenvalue weighted by Crippen LogP contribution is 2.29. The second kappa shape index (κ2) is 10.1. The molecule has 5 aromatic rings. The molecule has 0 atom stereocenters. The minimum atomic E-state index is -0.216. The molecule has 0 aliphatic rings. The maximum atomic E-state index is 12.9. The molecule has 35 heavy (non-hydrogen) atoms. The number of thiazole rings is 1. The fourth-order valence-electron chi connectivity index (χ4n) is 3.44. The van der Waals surface area contributed by atoms with E-state index in [0.29, 0.717) is 38.4 Å². The monoisotopic (exact) mass is 501 g/mol. The zero-order valence-electron chi connectivity index (χ0n) is 18.7. The predicted molar refractivity (Wildman–Crippen MR) is 140 cm³/mol. The quantitative estimate of drug-likeness (QED) is 0.310. The highest BCUT2D eigenvalue weighted by molar-refractivity contribution is 7.15. The van der Waals surface area contributed by atoms with Gasteiger partial charge in [-0.3, -0.25) is 4.79 Å². The van der Waals surface area contributed by atoms with Crippen LogP contribution in [0.4, 0.5) is 0 Å². The lowest BCUT2D eigenvalue weighted by molar-refractivity contribution is 0.284. The molecular weight excluding hydrogens is 482 g/mol. The van der Waals surface area contributed by atoms with Crippen molar-refractivity contribution in [1.29, 1.82) is 0 Å². The largest absolute Gasteiger partial charge is 0.493 e. The molecule has 0 saturated heterocycles. The first-order valence-electron chi connectivity index (χ1n) is 10.8. The summed E-state index contributed by atoms with van der Waals surface area (Å²) in [6.07, 6.45) is 5.45. The number of hydrogen-bond donors (Lipinski definition) is 0. The van der Waals surface area contributed by atoms with E-state index < -0.39 is 0 Å². The zero-order valence-corrected chi connectivity index (χ0v) is 20.3. The van der Waals surface area contributed by atoms with E-state index in [-0.39, 0.29) is 5.56 Å². The van der Waals surface area contributed by atoms with Crippen LogP contribution in [0.3, 0.4) is 0 Å². The van der Waals surface area contributed by atoms with Gasteiger partial charge in [-0.05, 0) is 53.1 Å². The Morgan fingerprint density at radius 2 is 1.74 bits per heavy atom. The first kappa shape index (κ1) is 22.8. The molecule has 2 aromatic heterocycles. The van der Waals surface area contributed by atoms with Gasteiger partial charge in [0.15, 0.2) is 17.3 Å². The summed E-state index contributed by atoms with van der Waals surface area (Å²) < 4.78 is 13.3. The van der Waals surface area contributed by atoms with Crippen LogP contribution in [0.5, 0.6) is 11.5 Å². The molecule has 8 heteroatoms. The molecule has 0 unspecified atom stereocenters. The highest BCUT2D eigenvalue weighted by atomic mass is 35.5. The Balaban J connectivity index is 1.37. The van der Waals surface area contributed by atoms with Crippen LogP contribution in [0.15, 0.2) is 77.6 Å². The summed E-state index contributed by atoms with van der Waals surface area (Å²) in [5, 5.41) is 5.01. The third kappa shape index (κ3) is 5.26. The third-order valence-electron chi connectivity index (χ3n) is 5.22. The number of benzene rings is 3. The maximum Gasteiger partial charge on any atom is 0.291 e. The van der Waals surface area contributed by atoms with Crippen molar-refractivity contribution in [2.45, 2.75) is 6.61 Å². The lowest BCUT2D eigenvalue weighted by Crippen LogP contribution is -2.23. The first-order valence-corrected chi connectivity index (χ1v) is 12.0. The van der Waals surface area contributed by atoms with Crippen molar-refractivity contribution in [3.05, 3.63) is 115 Å². The summed E-state index contributed by atoms with van der Waals surface area (Å²) in [5.74, 6) is 1.70. The van der Waals surface area contributed by atoms with Crippen molar-refractivity contribution < 1.29 is 9.47 Å². The average Bonchev–Trinajstić information content (AvgIpc) is 3.41. The first-order chi connectivity index (χ1) is 17.1. The van der Waals surface area contributed by atoms with Crippen LogP contribution in [-0.2, 0) is 6.61 Å². The molecule has 6 nitrogen and oxygen atoms in total. The van der Waals surface area contributed by atoms with Gasteiger partial charge in [0, 0.05) is 5.02 Å². The second-order valence-corrected chi connectivity index (χ2v) is 9.10. The number of halogens is 1. The summed E-state index contributed by atoms with van der Waals surface area (Å²) in [4.78, 5) is 17.9. The van der Waals surface area contributed by atoms with E-state index >= 15 is 0 Å². The van der Waals surface area contributed by atoms with Crippen molar-refractivity contribution in [3.8, 4) is 11.5 Å². The lowest BCUT2D eigenvalue weighted by atomic mass is 10.2. The minimum absolute atomic E-state index is 0.216. The molecule has 0 bridgehead atoms. The van der Waals surface area contributed by atoms with Crippen molar-refractivity contribution in [1.82, 2.24) is 14.6 Å². The van der Waals surface area contributed by atoms with Crippen molar-refractivity contribution in [2.24, 2.45) is 0 Å². The van der Waals surface area contributed by atoms with Gasteiger partial charge in [-0.1, -0.05) is 77.5 Å². The van der Waals surface area contributed by atoms with E-state index in [1.54, 1.807) is 19.3 Å². The Morgan fingerprint density at radius 1 is 0.971 bits per heavy atom. The van der Waals surface area contributed by atoms with E-state index in [1.807, 2.05) is 78.9 Å². The van der Waals surface area contributed by atoms with Gasteiger partial charge in [0.25, 0.3) is 5.56 Å². The van der Waals surface area contributed by atoms with E-state index in [9.17, 15) is 4.79 Å². The van der Waals surface area contributed by atoms with Gasteiger partial charge in [-0.15, -0.1) is 5.10 Å². The Morgan fingerprint density at radius 3 is 2.49 bits per heavy atom. The average molecular weight is 502 g/mol. The molecule has 174 valence electrons. The number of ether oxygens (including phenoxy) is 2. The summed E-state index contributed by atoms with van der Waals surface area (Å²) in [5.41, 5.74) is 2.64. The molecule has 0 spiro atoms. The van der Waals surface area contributed by atoms with Crippen LogP contribution >= 0.6 is 22.9 Å². The van der Waals surface area contributed by atoms with Crippen LogP contribution in [0, 0.1) is 0 Å². The van der Waals surface area contributed by atoms with Crippen LogP contribution < -0.4 is 19.6 Å². The topological polar surface area (TPSA) is 65.7 Å². The predicted octanol–water partition coefficient (Wildman–Crippen LogP) is 5.11. The summed E-state index contributed by atoms with van der Waals surface area (Å²) in [7, 11) is 1.59. The van der Waals surface area contributed by atoms with Crippen molar-refractivity contribution >= 4 is 46.1 Å². The summed E-state index contributed by atoms with van der Waals surface area (Å²) in [6, 6.07) is 22.9. The number of aromatic nitrogens is 3. The summed E-state index contributed by atoms with van der Waals surface area (Å²) in [6.45, 7) is 0.438. The summed E-state index contributed by atoms with van der Waals surface area (Å²) >= 11 is 7.20. The van der Waals surface area contributed by atoms with E-state index in [2.05, 4.69) is 10.1 Å². The van der Waals surface area contributed by atoms with Crippen LogP contribution in [-0.4, -0.2) is 21.7 Å². The van der Waals surface area contributed by atoms with Gasteiger partial charge < -0.3 is 9.47 Å². The smallest absolute Gasteiger partial charge is 0.291 e. The molecule has 0 radical (unpaired) electrons. The number of fused-ring (bicyclic) bond motifs is 1. The van der Waals surface area contributed by atoms with Gasteiger partial charge in [-0.25, -0.2) is 0 Å². The molecule has 3 aromatic carbocycles. The fraction of sp³-hybridized carbons (Fsp3) is 0.0741. The van der Waals surface area contributed by atoms with E-state index in [0.717, 1.165) is 16.7 Å². The van der Waals surface area contributed by atoms with E-state index in [1.165, 1.54) is 15.9 Å². The van der Waals surface area contributed by atoms with Crippen molar-refractivity contribution in [2.75, 3.05) is 7.11 Å². The van der Waals surface area contributed by atoms with E-state index in [4.69, 9.17) is 21.1 Å². The van der Waals surface area contributed by atoms with Gasteiger partial charge in [0.2, 0.25) is 4.96 Å². The SMILES string of the molecule is COc1cc(C=c2sc3nc(C=Cc4ccc(Cl)cc4)nn3c2=O)ccc1OCc1ccccc1. The van der Waals surface area contributed by atoms with Gasteiger partial charge >= 0.3 is 0 Å². The highest BCUT2D eigenvalue weighted by Gasteiger charge is 2.10. The number of rotatable bonds is 7. The Hall–Kier alpha value is -3.94. The molecular formula is C27H20ClN3O3S. The lowest BCUT2D eigenvalue weighted by Gasteiger charge is -2.11. The normalized spacial score (nSPS) is 12.0. The number of methoxy groups -OCH3 is 1. The Labute approximate surface area is 210 Å². The molecule has 0 N–H and O–H groups in total. The second-order valence-electron chi connectivity index (χ2n) is 7.65. The van der Waals surface area contributed by atoms with Crippen LogP contribution in [0.2, 0.25) is 5.02 Å². The standard InChI is InChI=1S/C27H20ClN3O3S/c1-33-23-15-20(9-13-22(23)34-17-19-5-3-2-4-6-19)16-24-26(32)31-27(35-24)29-25(30-31)14-10-18-7-11-21(28)12-8-18/h2-16H,17H2,1H3. The minimum Gasteiger partial charge on any atom is -0.493 e. The maximum absolute atomic E-state index is 12.9. The van der Waals surface area contributed by atoms with Gasteiger partial charge in [0.1, 0.15) is 6.61 Å². The third-order valence-corrected chi connectivity index (χ3v) is 6.43.